The molecular formula is C21H16Cl2N2O. The molecule has 0 saturated heterocycles. The van der Waals surface area contributed by atoms with E-state index in [0.717, 1.165) is 27.2 Å². The number of ether oxygens (including phenoxy) is 1. The summed E-state index contributed by atoms with van der Waals surface area (Å²) in [5.74, 6) is 0.655. The number of fused-ring (bicyclic) bond motifs is 1. The Kier molecular flexibility index (Phi) is 4.58. The van der Waals surface area contributed by atoms with Crippen LogP contribution in [-0.2, 0) is 6.54 Å². The zero-order valence-corrected chi connectivity index (χ0v) is 15.6. The monoisotopic (exact) mass is 382 g/mol. The van der Waals surface area contributed by atoms with Gasteiger partial charge in [-0.05, 0) is 54.4 Å². The third-order valence-electron chi connectivity index (χ3n) is 4.19. The molecule has 0 aliphatic carbocycles. The molecule has 3 aromatic carbocycles. The Balaban J connectivity index is 1.81. The number of rotatable bonds is 4. The third kappa shape index (κ3) is 3.41. The van der Waals surface area contributed by atoms with Crippen LogP contribution in [-0.4, -0.2) is 9.55 Å². The first-order valence-corrected chi connectivity index (χ1v) is 8.99. The number of aryl methyl sites for hydroxylation is 1. The van der Waals surface area contributed by atoms with Gasteiger partial charge < -0.3 is 4.74 Å². The quantitative estimate of drug-likeness (QED) is 0.403. The molecule has 0 amide bonds. The SMILES string of the molecule is Cc1cccc2nc(Oc3cccc(Cl)c3)n(Cc3ccc(Cl)cc3)c12. The highest BCUT2D eigenvalue weighted by atomic mass is 35.5. The molecule has 0 N–H and O–H groups in total. The maximum atomic E-state index is 6.08. The molecule has 0 unspecified atom stereocenters. The average Bonchev–Trinajstić information content (AvgIpc) is 2.95. The van der Waals surface area contributed by atoms with E-state index >= 15 is 0 Å². The molecule has 0 spiro atoms. The summed E-state index contributed by atoms with van der Waals surface area (Å²) in [6.07, 6.45) is 0. The highest BCUT2D eigenvalue weighted by Crippen LogP contribution is 2.30. The van der Waals surface area contributed by atoms with Gasteiger partial charge in [0.25, 0.3) is 0 Å². The van der Waals surface area contributed by atoms with Crippen molar-refractivity contribution < 1.29 is 4.74 Å². The van der Waals surface area contributed by atoms with E-state index in [1.165, 1.54) is 0 Å². The second kappa shape index (κ2) is 7.02. The van der Waals surface area contributed by atoms with Crippen molar-refractivity contribution in [3.8, 4) is 11.8 Å². The van der Waals surface area contributed by atoms with E-state index in [1.54, 1.807) is 6.07 Å². The number of imidazole rings is 1. The Morgan fingerprint density at radius 2 is 1.69 bits per heavy atom. The fourth-order valence-electron chi connectivity index (χ4n) is 2.98. The first-order valence-electron chi connectivity index (χ1n) is 8.24. The van der Waals surface area contributed by atoms with Crippen LogP contribution in [0.15, 0.2) is 66.7 Å². The molecule has 130 valence electrons. The molecule has 0 bridgehead atoms. The largest absolute Gasteiger partial charge is 0.425 e. The van der Waals surface area contributed by atoms with Gasteiger partial charge in [-0.25, -0.2) is 0 Å². The Morgan fingerprint density at radius 3 is 2.46 bits per heavy atom. The summed E-state index contributed by atoms with van der Waals surface area (Å²) in [6, 6.07) is 21.7. The predicted molar refractivity (Wildman–Crippen MR) is 107 cm³/mol. The molecule has 4 rings (SSSR count). The molecule has 26 heavy (non-hydrogen) atoms. The van der Waals surface area contributed by atoms with Gasteiger partial charge in [-0.1, -0.05) is 53.5 Å². The fourth-order valence-corrected chi connectivity index (χ4v) is 3.28. The second-order valence-corrected chi connectivity index (χ2v) is 6.98. The van der Waals surface area contributed by atoms with Gasteiger partial charge >= 0.3 is 6.01 Å². The molecule has 0 atom stereocenters. The van der Waals surface area contributed by atoms with E-state index in [-0.39, 0.29) is 0 Å². The van der Waals surface area contributed by atoms with Crippen LogP contribution in [0.4, 0.5) is 0 Å². The van der Waals surface area contributed by atoms with Crippen LogP contribution in [0, 0.1) is 6.92 Å². The van der Waals surface area contributed by atoms with Crippen molar-refractivity contribution in [2.75, 3.05) is 0 Å². The van der Waals surface area contributed by atoms with E-state index in [1.807, 2.05) is 54.6 Å². The molecule has 0 fully saturated rings. The Hall–Kier alpha value is -2.49. The van der Waals surface area contributed by atoms with Gasteiger partial charge in [-0.3, -0.25) is 4.57 Å². The molecule has 1 heterocycles. The van der Waals surface area contributed by atoms with Crippen molar-refractivity contribution in [1.29, 1.82) is 0 Å². The van der Waals surface area contributed by atoms with Crippen LogP contribution < -0.4 is 4.74 Å². The van der Waals surface area contributed by atoms with Crippen molar-refractivity contribution in [1.82, 2.24) is 9.55 Å². The average molecular weight is 383 g/mol. The molecule has 0 aliphatic rings. The van der Waals surface area contributed by atoms with Gasteiger partial charge in [0.1, 0.15) is 5.75 Å². The zero-order chi connectivity index (χ0) is 18.1. The van der Waals surface area contributed by atoms with Gasteiger partial charge in [-0.15, -0.1) is 0 Å². The number of aromatic nitrogens is 2. The minimum absolute atomic E-state index is 0.534. The molecule has 0 saturated carbocycles. The number of benzene rings is 3. The third-order valence-corrected chi connectivity index (χ3v) is 4.68. The van der Waals surface area contributed by atoms with Gasteiger partial charge in [0.15, 0.2) is 0 Å². The number of hydrogen-bond donors (Lipinski definition) is 0. The van der Waals surface area contributed by atoms with Crippen LogP contribution in [0.5, 0.6) is 11.8 Å². The predicted octanol–water partition coefficient (Wildman–Crippen LogP) is 6.49. The molecular weight excluding hydrogens is 367 g/mol. The first-order chi connectivity index (χ1) is 12.6. The van der Waals surface area contributed by atoms with Gasteiger partial charge in [0.2, 0.25) is 0 Å². The van der Waals surface area contributed by atoms with Crippen LogP contribution in [0.3, 0.4) is 0 Å². The summed E-state index contributed by atoms with van der Waals surface area (Å²) < 4.78 is 8.15. The van der Waals surface area contributed by atoms with Crippen molar-refractivity contribution in [3.05, 3.63) is 87.9 Å². The van der Waals surface area contributed by atoms with Gasteiger partial charge in [-0.2, -0.15) is 4.98 Å². The summed E-state index contributed by atoms with van der Waals surface area (Å²) in [4.78, 5) is 4.68. The molecule has 3 nitrogen and oxygen atoms in total. The Labute approximate surface area is 161 Å². The maximum Gasteiger partial charge on any atom is 0.303 e. The fraction of sp³-hybridized carbons (Fsp3) is 0.0952. The van der Waals surface area contributed by atoms with Crippen molar-refractivity contribution in [2.45, 2.75) is 13.5 Å². The normalized spacial score (nSPS) is 11.0. The van der Waals surface area contributed by atoms with Crippen LogP contribution >= 0.6 is 23.2 Å². The summed E-state index contributed by atoms with van der Waals surface area (Å²) in [7, 11) is 0. The number of nitrogens with zero attached hydrogens (tertiary/aromatic N) is 2. The molecule has 0 aliphatic heterocycles. The first kappa shape index (κ1) is 17.0. The molecule has 0 radical (unpaired) electrons. The van der Waals surface area contributed by atoms with E-state index in [2.05, 4.69) is 22.5 Å². The smallest absolute Gasteiger partial charge is 0.303 e. The summed E-state index contributed by atoms with van der Waals surface area (Å²) in [5, 5.41) is 1.34. The minimum Gasteiger partial charge on any atom is -0.425 e. The van der Waals surface area contributed by atoms with Gasteiger partial charge in [0, 0.05) is 10.0 Å². The lowest BCUT2D eigenvalue weighted by atomic mass is 10.2. The number of para-hydroxylation sites is 1. The topological polar surface area (TPSA) is 27.1 Å². The van der Waals surface area contributed by atoms with Gasteiger partial charge in [0.05, 0.1) is 17.6 Å². The summed E-state index contributed by atoms with van der Waals surface area (Å²) in [6.45, 7) is 2.71. The Bertz CT molecular complexity index is 1070. The summed E-state index contributed by atoms with van der Waals surface area (Å²) >= 11 is 12.1. The van der Waals surface area contributed by atoms with E-state index in [9.17, 15) is 0 Å². The lowest BCUT2D eigenvalue weighted by Gasteiger charge is -2.11. The second-order valence-electron chi connectivity index (χ2n) is 6.11. The lowest BCUT2D eigenvalue weighted by molar-refractivity contribution is 0.421. The molecule has 5 heteroatoms. The lowest BCUT2D eigenvalue weighted by Crippen LogP contribution is -2.03. The van der Waals surface area contributed by atoms with Crippen molar-refractivity contribution in [3.63, 3.8) is 0 Å². The highest BCUT2D eigenvalue weighted by Gasteiger charge is 2.15. The van der Waals surface area contributed by atoms with Crippen LogP contribution in [0.25, 0.3) is 11.0 Å². The summed E-state index contributed by atoms with van der Waals surface area (Å²) in [5.41, 5.74) is 4.22. The Morgan fingerprint density at radius 1 is 0.923 bits per heavy atom. The van der Waals surface area contributed by atoms with E-state index < -0.39 is 0 Å². The number of hydrogen-bond acceptors (Lipinski definition) is 2. The molecule has 4 aromatic rings. The van der Waals surface area contributed by atoms with Crippen molar-refractivity contribution in [2.24, 2.45) is 0 Å². The molecule has 1 aromatic heterocycles. The van der Waals surface area contributed by atoms with E-state index in [0.29, 0.717) is 23.3 Å². The van der Waals surface area contributed by atoms with Crippen LogP contribution in [0.1, 0.15) is 11.1 Å². The van der Waals surface area contributed by atoms with E-state index in [4.69, 9.17) is 27.9 Å². The number of halogens is 2. The zero-order valence-electron chi connectivity index (χ0n) is 14.1. The van der Waals surface area contributed by atoms with Crippen LogP contribution in [0.2, 0.25) is 10.0 Å². The minimum atomic E-state index is 0.534. The maximum absolute atomic E-state index is 6.08. The standard InChI is InChI=1S/C21H16Cl2N2O/c1-14-4-2-7-19-20(14)25(13-15-8-10-16(22)11-9-15)21(24-19)26-18-6-3-5-17(23)12-18/h2-12H,13H2,1H3. The van der Waals surface area contributed by atoms with Crippen molar-refractivity contribution >= 4 is 34.2 Å². The highest BCUT2D eigenvalue weighted by molar-refractivity contribution is 6.30.